The Morgan fingerprint density at radius 2 is 1.84 bits per heavy atom. The van der Waals surface area contributed by atoms with Gasteiger partial charge in [0, 0.05) is 34.7 Å². The lowest BCUT2D eigenvalue weighted by molar-refractivity contribution is -0.116. The van der Waals surface area contributed by atoms with Crippen molar-refractivity contribution in [3.05, 3.63) is 88.7 Å². The summed E-state index contributed by atoms with van der Waals surface area (Å²) in [6, 6.07) is 16.4. The Morgan fingerprint density at radius 1 is 1.05 bits per heavy atom. The van der Waals surface area contributed by atoms with Crippen molar-refractivity contribution in [2.45, 2.75) is 41.0 Å². The van der Waals surface area contributed by atoms with Gasteiger partial charge in [0.15, 0.2) is 0 Å². The van der Waals surface area contributed by atoms with Gasteiger partial charge in [0.05, 0.1) is 20.0 Å². The van der Waals surface area contributed by atoms with Crippen LogP contribution in [0.5, 0.6) is 11.5 Å². The van der Waals surface area contributed by atoms with E-state index in [2.05, 4.69) is 43.4 Å². The van der Waals surface area contributed by atoms with E-state index in [1.54, 1.807) is 13.2 Å². The first-order chi connectivity index (χ1) is 17.8. The molecule has 0 atom stereocenters. The standard InChI is InChI=1S/C32H35NO4/c1-7-36-31-23(5)32-27(28(19-37-32)25-13-12-20(2)16-21(25)3)18-26(31)22(4)17-30(34)33-15-14-24-10-8-9-11-29(24)35-6/h8-13,16-19H,7,14-15H2,1-6H3,(H,33,34)/b22-17+. The zero-order chi connectivity index (χ0) is 26.5. The number of ether oxygens (including phenoxy) is 2. The summed E-state index contributed by atoms with van der Waals surface area (Å²) in [5.74, 6) is 1.43. The van der Waals surface area contributed by atoms with Crippen molar-refractivity contribution in [2.75, 3.05) is 20.3 Å². The fourth-order valence-electron chi connectivity index (χ4n) is 4.82. The van der Waals surface area contributed by atoms with Crippen molar-refractivity contribution >= 4 is 22.4 Å². The van der Waals surface area contributed by atoms with Gasteiger partial charge in [0.1, 0.15) is 17.1 Å². The van der Waals surface area contributed by atoms with Crippen molar-refractivity contribution in [2.24, 2.45) is 0 Å². The summed E-state index contributed by atoms with van der Waals surface area (Å²) in [4.78, 5) is 12.8. The number of rotatable bonds is 9. The zero-order valence-electron chi connectivity index (χ0n) is 22.5. The molecule has 0 saturated carbocycles. The normalized spacial score (nSPS) is 11.6. The third-order valence-electron chi connectivity index (χ3n) is 6.66. The van der Waals surface area contributed by atoms with Crippen LogP contribution in [0.1, 0.15) is 41.7 Å². The van der Waals surface area contributed by atoms with E-state index in [1.807, 2.05) is 51.3 Å². The molecule has 0 radical (unpaired) electrons. The molecule has 0 aliphatic heterocycles. The molecule has 4 aromatic rings. The van der Waals surface area contributed by atoms with Crippen LogP contribution in [-0.4, -0.2) is 26.2 Å². The molecule has 0 aliphatic carbocycles. The van der Waals surface area contributed by atoms with E-state index in [9.17, 15) is 4.79 Å². The minimum absolute atomic E-state index is 0.144. The molecule has 0 aliphatic rings. The predicted octanol–water partition coefficient (Wildman–Crippen LogP) is 7.19. The van der Waals surface area contributed by atoms with Crippen LogP contribution in [0.15, 0.2) is 65.3 Å². The summed E-state index contributed by atoms with van der Waals surface area (Å²) in [6.07, 6.45) is 4.15. The zero-order valence-corrected chi connectivity index (χ0v) is 22.5. The molecule has 1 heterocycles. The second kappa shape index (κ2) is 11.4. The lowest BCUT2D eigenvalue weighted by atomic mass is 9.94. The molecule has 192 valence electrons. The summed E-state index contributed by atoms with van der Waals surface area (Å²) < 4.78 is 17.5. The highest BCUT2D eigenvalue weighted by molar-refractivity contribution is 6.02. The van der Waals surface area contributed by atoms with Crippen LogP contribution in [0.2, 0.25) is 0 Å². The van der Waals surface area contributed by atoms with E-state index in [4.69, 9.17) is 13.9 Å². The van der Waals surface area contributed by atoms with Crippen LogP contribution in [0.25, 0.3) is 27.7 Å². The SMILES string of the molecule is CCOc1c(/C(C)=C/C(=O)NCCc2ccccc2OC)cc2c(-c3ccc(C)cc3C)coc2c1C. The summed E-state index contributed by atoms with van der Waals surface area (Å²) >= 11 is 0. The summed E-state index contributed by atoms with van der Waals surface area (Å²) in [5, 5.41) is 4.01. The van der Waals surface area contributed by atoms with E-state index in [0.717, 1.165) is 55.9 Å². The van der Waals surface area contributed by atoms with Gasteiger partial charge in [-0.3, -0.25) is 4.79 Å². The van der Waals surface area contributed by atoms with Crippen molar-refractivity contribution in [3.63, 3.8) is 0 Å². The largest absolute Gasteiger partial charge is 0.496 e. The number of amides is 1. The molecular weight excluding hydrogens is 462 g/mol. The predicted molar refractivity (Wildman–Crippen MR) is 150 cm³/mol. The van der Waals surface area contributed by atoms with Crippen LogP contribution >= 0.6 is 0 Å². The molecule has 4 rings (SSSR count). The maximum absolute atomic E-state index is 12.8. The molecule has 5 nitrogen and oxygen atoms in total. The average molecular weight is 498 g/mol. The number of fused-ring (bicyclic) bond motifs is 1. The fourth-order valence-corrected chi connectivity index (χ4v) is 4.82. The highest BCUT2D eigenvalue weighted by atomic mass is 16.5. The van der Waals surface area contributed by atoms with Gasteiger partial charge < -0.3 is 19.2 Å². The van der Waals surface area contributed by atoms with Crippen molar-refractivity contribution in [3.8, 4) is 22.6 Å². The molecule has 0 unspecified atom stereocenters. The first kappa shape index (κ1) is 26.1. The first-order valence-electron chi connectivity index (χ1n) is 12.7. The molecule has 37 heavy (non-hydrogen) atoms. The molecular formula is C32H35NO4. The Labute approximate surface area is 219 Å². The number of carbonyl (C=O) groups is 1. The van der Waals surface area contributed by atoms with E-state index in [1.165, 1.54) is 11.1 Å². The van der Waals surface area contributed by atoms with Gasteiger partial charge in [-0.05, 0) is 75.4 Å². The van der Waals surface area contributed by atoms with Gasteiger partial charge >= 0.3 is 0 Å². The second-order valence-electron chi connectivity index (χ2n) is 9.34. The van der Waals surface area contributed by atoms with E-state index >= 15 is 0 Å². The molecule has 3 aromatic carbocycles. The smallest absolute Gasteiger partial charge is 0.244 e. The Kier molecular flexibility index (Phi) is 8.02. The average Bonchev–Trinajstić information content (AvgIpc) is 3.30. The number of nitrogens with one attached hydrogen (secondary N) is 1. The molecule has 1 aromatic heterocycles. The summed E-state index contributed by atoms with van der Waals surface area (Å²) in [7, 11) is 1.66. The van der Waals surface area contributed by atoms with Crippen molar-refractivity contribution in [1.82, 2.24) is 5.32 Å². The minimum atomic E-state index is -0.144. The van der Waals surface area contributed by atoms with Crippen LogP contribution in [0.4, 0.5) is 0 Å². The molecule has 0 saturated heterocycles. The molecule has 0 spiro atoms. The number of benzene rings is 3. The number of furan rings is 1. The first-order valence-corrected chi connectivity index (χ1v) is 12.7. The highest BCUT2D eigenvalue weighted by Gasteiger charge is 2.20. The van der Waals surface area contributed by atoms with E-state index < -0.39 is 0 Å². The fraction of sp³-hybridized carbons (Fsp3) is 0.281. The summed E-state index contributed by atoms with van der Waals surface area (Å²) in [5.41, 5.74) is 9.09. The maximum Gasteiger partial charge on any atom is 0.244 e. The van der Waals surface area contributed by atoms with Crippen LogP contribution < -0.4 is 14.8 Å². The summed E-state index contributed by atoms with van der Waals surface area (Å²) in [6.45, 7) is 11.1. The number of carbonyl (C=O) groups excluding carboxylic acids is 1. The Balaban J connectivity index is 1.65. The number of para-hydroxylation sites is 1. The number of methoxy groups -OCH3 is 1. The van der Waals surface area contributed by atoms with Gasteiger partial charge in [-0.25, -0.2) is 0 Å². The number of hydrogen-bond donors (Lipinski definition) is 1. The van der Waals surface area contributed by atoms with Crippen LogP contribution in [-0.2, 0) is 11.2 Å². The number of hydrogen-bond acceptors (Lipinski definition) is 4. The molecule has 1 N–H and O–H groups in total. The third-order valence-corrected chi connectivity index (χ3v) is 6.66. The molecule has 5 heteroatoms. The topological polar surface area (TPSA) is 60.7 Å². The monoisotopic (exact) mass is 497 g/mol. The lowest BCUT2D eigenvalue weighted by Gasteiger charge is -2.15. The van der Waals surface area contributed by atoms with E-state index in [-0.39, 0.29) is 5.91 Å². The highest BCUT2D eigenvalue weighted by Crippen LogP contribution is 2.41. The van der Waals surface area contributed by atoms with Crippen molar-refractivity contribution < 1.29 is 18.7 Å². The lowest BCUT2D eigenvalue weighted by Crippen LogP contribution is -2.24. The Morgan fingerprint density at radius 3 is 2.57 bits per heavy atom. The maximum atomic E-state index is 12.8. The van der Waals surface area contributed by atoms with Crippen molar-refractivity contribution in [1.29, 1.82) is 0 Å². The minimum Gasteiger partial charge on any atom is -0.496 e. The van der Waals surface area contributed by atoms with Crippen LogP contribution in [0.3, 0.4) is 0 Å². The van der Waals surface area contributed by atoms with Gasteiger partial charge in [0.25, 0.3) is 0 Å². The number of allylic oxidation sites excluding steroid dienone is 1. The second-order valence-corrected chi connectivity index (χ2v) is 9.34. The molecule has 1 amide bonds. The molecule has 0 fully saturated rings. The van der Waals surface area contributed by atoms with Gasteiger partial charge in [-0.15, -0.1) is 0 Å². The van der Waals surface area contributed by atoms with Gasteiger partial charge in [-0.2, -0.15) is 0 Å². The van der Waals surface area contributed by atoms with Gasteiger partial charge in [0.2, 0.25) is 5.91 Å². The third kappa shape index (κ3) is 5.56. The molecule has 0 bridgehead atoms. The van der Waals surface area contributed by atoms with E-state index in [0.29, 0.717) is 19.6 Å². The van der Waals surface area contributed by atoms with Crippen LogP contribution in [0, 0.1) is 20.8 Å². The Bertz CT molecular complexity index is 1460. The Hall–Kier alpha value is -3.99. The number of aryl methyl sites for hydroxylation is 3. The quantitative estimate of drug-likeness (QED) is 0.249. The van der Waals surface area contributed by atoms with Gasteiger partial charge in [-0.1, -0.05) is 42.0 Å².